The molecule has 0 aromatic carbocycles. The average Bonchev–Trinajstić information content (AvgIpc) is 2.75. The molecule has 2 N–H and O–H groups in total. The summed E-state index contributed by atoms with van der Waals surface area (Å²) < 4.78 is 0. The third kappa shape index (κ3) is 7.23. The molecule has 0 saturated carbocycles. The summed E-state index contributed by atoms with van der Waals surface area (Å²) in [6.07, 6.45) is 5.97. The number of piperazine rings is 1. The van der Waals surface area contributed by atoms with Crippen molar-refractivity contribution in [1.82, 2.24) is 25.4 Å². The van der Waals surface area contributed by atoms with E-state index in [9.17, 15) is 0 Å². The van der Waals surface area contributed by atoms with Crippen LogP contribution in [0.1, 0.15) is 38.7 Å². The van der Waals surface area contributed by atoms with Crippen LogP contribution in [0.3, 0.4) is 0 Å². The molecule has 170 valence electrons. The maximum atomic E-state index is 4.68. The summed E-state index contributed by atoms with van der Waals surface area (Å²) in [4.78, 5) is 16.4. The highest BCUT2D eigenvalue weighted by Gasteiger charge is 2.27. The van der Waals surface area contributed by atoms with Crippen LogP contribution in [0.5, 0.6) is 0 Å². The van der Waals surface area contributed by atoms with Crippen molar-refractivity contribution in [3.05, 3.63) is 23.9 Å². The van der Waals surface area contributed by atoms with E-state index in [-0.39, 0.29) is 29.5 Å². The zero-order valence-electron chi connectivity index (χ0n) is 19.2. The highest BCUT2D eigenvalue weighted by Crippen LogP contribution is 2.19. The summed E-state index contributed by atoms with van der Waals surface area (Å²) in [5, 5.41) is 6.93. The molecule has 30 heavy (non-hydrogen) atoms. The first-order valence-electron chi connectivity index (χ1n) is 11.1. The minimum Gasteiger partial charge on any atom is -0.355 e. The van der Waals surface area contributed by atoms with E-state index in [2.05, 4.69) is 68.3 Å². The van der Waals surface area contributed by atoms with Crippen molar-refractivity contribution in [2.45, 2.75) is 45.2 Å². The van der Waals surface area contributed by atoms with E-state index in [4.69, 9.17) is 0 Å². The summed E-state index contributed by atoms with van der Waals surface area (Å²) in [7, 11) is 4.01. The maximum absolute atomic E-state index is 4.68. The average molecular weight is 530 g/mol. The number of nitrogens with zero attached hydrogens (tertiary/aromatic N) is 5. The molecule has 0 atom stereocenters. The standard InChI is InChI=1S/C22H39N7.HI/c1-22(2,29-10-6-5-7-11-29)18-26-21(23-3)25-17-19-8-9-20(24-16-19)28-14-12-27(4)13-15-28;/h8-9,16H,5-7,10-15,17-18H2,1-4H3,(H2,23,25,26);1H. The second-order valence-electron chi connectivity index (χ2n) is 8.95. The smallest absolute Gasteiger partial charge is 0.191 e. The fourth-order valence-electron chi connectivity index (χ4n) is 4.06. The van der Waals surface area contributed by atoms with Crippen molar-refractivity contribution in [2.24, 2.45) is 4.99 Å². The lowest BCUT2D eigenvalue weighted by molar-refractivity contribution is 0.0982. The van der Waals surface area contributed by atoms with Gasteiger partial charge in [-0.05, 0) is 58.5 Å². The number of hydrogen-bond donors (Lipinski definition) is 2. The van der Waals surface area contributed by atoms with Gasteiger partial charge in [0.25, 0.3) is 0 Å². The van der Waals surface area contributed by atoms with Crippen LogP contribution < -0.4 is 15.5 Å². The highest BCUT2D eigenvalue weighted by molar-refractivity contribution is 14.0. The van der Waals surface area contributed by atoms with E-state index in [1.807, 2.05) is 13.2 Å². The zero-order chi connectivity index (χ0) is 20.7. The predicted molar refractivity (Wildman–Crippen MR) is 137 cm³/mol. The number of likely N-dealkylation sites (tertiary alicyclic amines) is 1. The van der Waals surface area contributed by atoms with E-state index < -0.39 is 0 Å². The quantitative estimate of drug-likeness (QED) is 0.336. The zero-order valence-corrected chi connectivity index (χ0v) is 21.5. The fraction of sp³-hybridized carbons (Fsp3) is 0.727. The van der Waals surface area contributed by atoms with Crippen molar-refractivity contribution in [3.63, 3.8) is 0 Å². The number of guanidine groups is 1. The van der Waals surface area contributed by atoms with Gasteiger partial charge in [0.15, 0.2) is 5.96 Å². The number of likely N-dealkylation sites (N-methyl/N-ethyl adjacent to an activating group) is 1. The van der Waals surface area contributed by atoms with Gasteiger partial charge in [-0.2, -0.15) is 0 Å². The Kier molecular flexibility index (Phi) is 10.1. The predicted octanol–water partition coefficient (Wildman–Crippen LogP) is 2.38. The lowest BCUT2D eigenvalue weighted by atomic mass is 9.98. The summed E-state index contributed by atoms with van der Waals surface area (Å²) in [5.41, 5.74) is 1.30. The molecule has 3 heterocycles. The first-order valence-corrected chi connectivity index (χ1v) is 11.1. The van der Waals surface area contributed by atoms with E-state index >= 15 is 0 Å². The molecule has 0 unspecified atom stereocenters. The van der Waals surface area contributed by atoms with E-state index in [0.29, 0.717) is 0 Å². The molecule has 0 bridgehead atoms. The number of pyridine rings is 1. The van der Waals surface area contributed by atoms with Crippen LogP contribution in [-0.4, -0.2) is 86.2 Å². The van der Waals surface area contributed by atoms with Gasteiger partial charge < -0.3 is 20.4 Å². The number of aliphatic imine (C=N–C) groups is 1. The molecule has 0 radical (unpaired) electrons. The van der Waals surface area contributed by atoms with Gasteiger partial charge in [0, 0.05) is 58.1 Å². The van der Waals surface area contributed by atoms with Gasteiger partial charge in [-0.1, -0.05) is 12.5 Å². The minimum absolute atomic E-state index is 0. The van der Waals surface area contributed by atoms with Crippen LogP contribution in [0.15, 0.2) is 23.3 Å². The second kappa shape index (κ2) is 12.0. The lowest BCUT2D eigenvalue weighted by Gasteiger charge is -2.41. The van der Waals surface area contributed by atoms with Crippen molar-refractivity contribution in [3.8, 4) is 0 Å². The van der Waals surface area contributed by atoms with Gasteiger partial charge in [0.05, 0.1) is 0 Å². The monoisotopic (exact) mass is 529 g/mol. The molecule has 1 aromatic rings. The Bertz CT molecular complexity index is 648. The molecule has 7 nitrogen and oxygen atoms in total. The topological polar surface area (TPSA) is 59.0 Å². The normalized spacial score (nSPS) is 19.3. The highest BCUT2D eigenvalue weighted by atomic mass is 127. The molecule has 2 saturated heterocycles. The number of piperidine rings is 1. The van der Waals surface area contributed by atoms with Crippen LogP contribution in [0, 0.1) is 0 Å². The Morgan fingerprint density at radius 2 is 1.73 bits per heavy atom. The molecule has 2 fully saturated rings. The molecule has 1 aromatic heterocycles. The summed E-state index contributed by atoms with van der Waals surface area (Å²) in [5.74, 6) is 1.92. The van der Waals surface area contributed by atoms with Gasteiger partial charge in [-0.15, -0.1) is 24.0 Å². The molecular weight excluding hydrogens is 489 g/mol. The van der Waals surface area contributed by atoms with Crippen LogP contribution in [0.2, 0.25) is 0 Å². The first-order chi connectivity index (χ1) is 14.0. The minimum atomic E-state index is 0. The largest absolute Gasteiger partial charge is 0.355 e. The van der Waals surface area contributed by atoms with Crippen LogP contribution in [-0.2, 0) is 6.54 Å². The molecule has 3 rings (SSSR count). The fourth-order valence-corrected chi connectivity index (χ4v) is 4.06. The Hall–Kier alpha value is -1.13. The molecule has 0 spiro atoms. The molecule has 8 heteroatoms. The molecule has 2 aliphatic heterocycles. The molecular formula is C22H40IN7. The Balaban J connectivity index is 0.00000320. The van der Waals surface area contributed by atoms with Gasteiger partial charge in [0.1, 0.15) is 5.82 Å². The van der Waals surface area contributed by atoms with Crippen LogP contribution >= 0.6 is 24.0 Å². The Labute approximate surface area is 199 Å². The van der Waals surface area contributed by atoms with E-state index in [1.54, 1.807) is 0 Å². The SMILES string of the molecule is CN=C(NCc1ccc(N2CCN(C)CC2)nc1)NCC(C)(C)N1CCCCC1.I. The van der Waals surface area contributed by atoms with Gasteiger partial charge in [-0.25, -0.2) is 4.98 Å². The number of aromatic nitrogens is 1. The third-order valence-electron chi connectivity index (χ3n) is 6.22. The lowest BCUT2D eigenvalue weighted by Crippen LogP contribution is -2.54. The van der Waals surface area contributed by atoms with Crippen molar-refractivity contribution >= 4 is 35.8 Å². The molecule has 0 amide bonds. The van der Waals surface area contributed by atoms with Crippen LogP contribution in [0.4, 0.5) is 5.82 Å². The number of halogens is 1. The Morgan fingerprint density at radius 1 is 1.03 bits per heavy atom. The van der Waals surface area contributed by atoms with Gasteiger partial charge in [-0.3, -0.25) is 9.89 Å². The van der Waals surface area contributed by atoms with Crippen molar-refractivity contribution in [2.75, 3.05) is 64.8 Å². The summed E-state index contributed by atoms with van der Waals surface area (Å²) in [6.45, 7) is 12.9. The molecule has 2 aliphatic rings. The number of hydrogen-bond acceptors (Lipinski definition) is 5. The first kappa shape index (κ1) is 25.1. The third-order valence-corrected chi connectivity index (χ3v) is 6.22. The Morgan fingerprint density at radius 3 is 2.33 bits per heavy atom. The van der Waals surface area contributed by atoms with E-state index in [1.165, 1.54) is 37.9 Å². The second-order valence-corrected chi connectivity index (χ2v) is 8.95. The number of anilines is 1. The maximum Gasteiger partial charge on any atom is 0.191 e. The van der Waals surface area contributed by atoms with Crippen molar-refractivity contribution < 1.29 is 0 Å². The van der Waals surface area contributed by atoms with Gasteiger partial charge in [0.2, 0.25) is 0 Å². The van der Waals surface area contributed by atoms with Crippen LogP contribution in [0.25, 0.3) is 0 Å². The van der Waals surface area contributed by atoms with Crippen molar-refractivity contribution in [1.29, 1.82) is 0 Å². The van der Waals surface area contributed by atoms with Gasteiger partial charge >= 0.3 is 0 Å². The molecule has 0 aliphatic carbocycles. The van der Waals surface area contributed by atoms with E-state index in [0.717, 1.165) is 51.0 Å². The number of nitrogens with one attached hydrogen (secondary N) is 2. The number of rotatable bonds is 6. The summed E-state index contributed by atoms with van der Waals surface area (Å²) in [6, 6.07) is 4.30. The summed E-state index contributed by atoms with van der Waals surface area (Å²) >= 11 is 0.